The fourth-order valence-electron chi connectivity index (χ4n) is 3.36. The molecule has 0 N–H and O–H groups in total. The second-order valence-electron chi connectivity index (χ2n) is 6.36. The molecule has 0 aliphatic carbocycles. The average Bonchev–Trinajstić information content (AvgIpc) is 3.06. The van der Waals surface area contributed by atoms with E-state index in [0.29, 0.717) is 16.5 Å². The monoisotopic (exact) mass is 382 g/mol. The Morgan fingerprint density at radius 1 is 1.04 bits per heavy atom. The molecule has 3 nitrogen and oxygen atoms in total. The van der Waals surface area contributed by atoms with Gasteiger partial charge < -0.3 is 0 Å². The van der Waals surface area contributed by atoms with Crippen LogP contribution < -0.4 is 0 Å². The highest BCUT2D eigenvalue weighted by Gasteiger charge is 2.32. The highest BCUT2D eigenvalue weighted by molar-refractivity contribution is 6.35. The lowest BCUT2D eigenvalue weighted by molar-refractivity contribution is -0.130. The Morgan fingerprint density at radius 2 is 1.81 bits per heavy atom. The van der Waals surface area contributed by atoms with Crippen LogP contribution in [0.1, 0.15) is 30.5 Å². The van der Waals surface area contributed by atoms with Gasteiger partial charge in [-0.1, -0.05) is 65.7 Å². The molecular formula is C21H16Cl2N2O. The SMILES string of the molecule is CC(=O)N1N=C(c2ccc3ccccc3c2)CC1c1ccc(Cl)cc1Cl. The quantitative estimate of drug-likeness (QED) is 0.547. The van der Waals surface area contributed by atoms with Crippen molar-refractivity contribution in [2.45, 2.75) is 19.4 Å². The van der Waals surface area contributed by atoms with E-state index in [1.54, 1.807) is 12.1 Å². The van der Waals surface area contributed by atoms with Crippen molar-refractivity contribution in [3.63, 3.8) is 0 Å². The molecular weight excluding hydrogens is 367 g/mol. The van der Waals surface area contributed by atoms with Crippen molar-refractivity contribution >= 4 is 45.6 Å². The zero-order valence-corrected chi connectivity index (χ0v) is 15.6. The van der Waals surface area contributed by atoms with Gasteiger partial charge in [-0.05, 0) is 40.1 Å². The lowest BCUT2D eigenvalue weighted by Crippen LogP contribution is -2.24. The van der Waals surface area contributed by atoms with Crippen molar-refractivity contribution in [1.29, 1.82) is 0 Å². The van der Waals surface area contributed by atoms with Gasteiger partial charge in [-0.15, -0.1) is 0 Å². The molecule has 1 aliphatic rings. The predicted octanol–water partition coefficient (Wildman–Crippen LogP) is 5.84. The van der Waals surface area contributed by atoms with Crippen LogP contribution in [0.15, 0.2) is 65.8 Å². The molecule has 0 aromatic heterocycles. The molecule has 1 heterocycles. The lowest BCUT2D eigenvalue weighted by atomic mass is 9.97. The number of amides is 1. The maximum Gasteiger partial charge on any atom is 0.240 e. The number of halogens is 2. The van der Waals surface area contributed by atoms with Gasteiger partial charge in [0.2, 0.25) is 5.91 Å². The first-order valence-electron chi connectivity index (χ1n) is 8.34. The minimum absolute atomic E-state index is 0.114. The summed E-state index contributed by atoms with van der Waals surface area (Å²) >= 11 is 12.4. The van der Waals surface area contributed by atoms with Gasteiger partial charge in [-0.25, -0.2) is 5.01 Å². The molecule has 0 fully saturated rings. The van der Waals surface area contributed by atoms with E-state index in [-0.39, 0.29) is 11.9 Å². The summed E-state index contributed by atoms with van der Waals surface area (Å²) in [5, 5.41) is 9.55. The van der Waals surface area contributed by atoms with Gasteiger partial charge in [0.1, 0.15) is 0 Å². The van der Waals surface area contributed by atoms with Crippen LogP contribution in [0.3, 0.4) is 0 Å². The van der Waals surface area contributed by atoms with Gasteiger partial charge in [0, 0.05) is 23.4 Å². The number of rotatable bonds is 2. The van der Waals surface area contributed by atoms with Crippen LogP contribution in [-0.2, 0) is 4.79 Å². The van der Waals surface area contributed by atoms with Crippen LogP contribution in [0.5, 0.6) is 0 Å². The first-order chi connectivity index (χ1) is 12.5. The number of fused-ring (bicyclic) bond motifs is 1. The van der Waals surface area contributed by atoms with Crippen molar-refractivity contribution in [2.75, 3.05) is 0 Å². The van der Waals surface area contributed by atoms with Gasteiger partial charge in [0.05, 0.1) is 11.8 Å². The maximum absolute atomic E-state index is 12.1. The fourth-order valence-corrected chi connectivity index (χ4v) is 3.89. The Labute approximate surface area is 161 Å². The number of carbonyl (C=O) groups excluding carboxylic acids is 1. The lowest BCUT2D eigenvalue weighted by Gasteiger charge is -2.21. The summed E-state index contributed by atoms with van der Waals surface area (Å²) < 4.78 is 0. The van der Waals surface area contributed by atoms with Gasteiger partial charge in [0.15, 0.2) is 0 Å². The number of hydrogen-bond donors (Lipinski definition) is 0. The van der Waals surface area contributed by atoms with E-state index in [1.807, 2.05) is 24.3 Å². The normalized spacial score (nSPS) is 16.8. The largest absolute Gasteiger partial charge is 0.273 e. The van der Waals surface area contributed by atoms with E-state index in [2.05, 4.69) is 29.4 Å². The minimum Gasteiger partial charge on any atom is -0.273 e. The van der Waals surface area contributed by atoms with Crippen LogP contribution in [-0.4, -0.2) is 16.6 Å². The van der Waals surface area contributed by atoms with Crippen LogP contribution in [0.4, 0.5) is 0 Å². The first kappa shape index (κ1) is 17.1. The fraction of sp³-hybridized carbons (Fsp3) is 0.143. The number of hydrogen-bond acceptors (Lipinski definition) is 2. The van der Waals surface area contributed by atoms with E-state index in [0.717, 1.165) is 22.2 Å². The van der Waals surface area contributed by atoms with Crippen molar-refractivity contribution in [1.82, 2.24) is 5.01 Å². The van der Waals surface area contributed by atoms with Crippen LogP contribution in [0.2, 0.25) is 10.0 Å². The third kappa shape index (κ3) is 3.09. The molecule has 130 valence electrons. The summed E-state index contributed by atoms with van der Waals surface area (Å²) in [6, 6.07) is 19.5. The van der Waals surface area contributed by atoms with Gasteiger partial charge in [-0.2, -0.15) is 5.10 Å². The summed E-state index contributed by atoms with van der Waals surface area (Å²) in [5.74, 6) is -0.114. The molecule has 0 saturated carbocycles. The summed E-state index contributed by atoms with van der Waals surface area (Å²) in [7, 11) is 0. The van der Waals surface area contributed by atoms with Crippen LogP contribution in [0, 0.1) is 0 Å². The summed E-state index contributed by atoms with van der Waals surface area (Å²) in [6.07, 6.45) is 0.610. The third-order valence-electron chi connectivity index (χ3n) is 4.64. The molecule has 3 aromatic rings. The standard InChI is InChI=1S/C21H16Cl2N2O/c1-13(26)25-21(18-9-8-17(22)11-19(18)23)12-20(24-25)16-7-6-14-4-2-3-5-15(14)10-16/h2-11,21H,12H2,1H3. The van der Waals surface area contributed by atoms with E-state index in [9.17, 15) is 4.79 Å². The zero-order valence-electron chi connectivity index (χ0n) is 14.1. The second-order valence-corrected chi connectivity index (χ2v) is 7.20. The molecule has 4 rings (SSSR count). The van der Waals surface area contributed by atoms with Crippen molar-refractivity contribution in [3.05, 3.63) is 81.8 Å². The Kier molecular flexibility index (Phi) is 4.43. The Bertz CT molecular complexity index is 1050. The number of carbonyl (C=O) groups is 1. The minimum atomic E-state index is -0.223. The molecule has 5 heteroatoms. The smallest absolute Gasteiger partial charge is 0.240 e. The third-order valence-corrected chi connectivity index (χ3v) is 5.20. The molecule has 0 bridgehead atoms. The molecule has 26 heavy (non-hydrogen) atoms. The van der Waals surface area contributed by atoms with Gasteiger partial charge >= 0.3 is 0 Å². The van der Waals surface area contributed by atoms with Gasteiger partial charge in [-0.3, -0.25) is 4.79 Å². The number of nitrogens with zero attached hydrogens (tertiary/aromatic N) is 2. The van der Waals surface area contributed by atoms with E-state index >= 15 is 0 Å². The molecule has 1 aliphatic heterocycles. The molecule has 0 saturated heterocycles. The Hall–Kier alpha value is -2.36. The highest BCUT2D eigenvalue weighted by atomic mass is 35.5. The summed E-state index contributed by atoms with van der Waals surface area (Å²) in [4.78, 5) is 12.1. The molecule has 1 amide bonds. The Balaban J connectivity index is 1.73. The zero-order chi connectivity index (χ0) is 18.3. The van der Waals surface area contributed by atoms with Crippen molar-refractivity contribution in [2.24, 2.45) is 5.10 Å². The second kappa shape index (κ2) is 6.75. The topological polar surface area (TPSA) is 32.7 Å². The summed E-state index contributed by atoms with van der Waals surface area (Å²) in [5.41, 5.74) is 2.75. The van der Waals surface area contributed by atoms with E-state index < -0.39 is 0 Å². The predicted molar refractivity (Wildman–Crippen MR) is 107 cm³/mol. The van der Waals surface area contributed by atoms with E-state index in [4.69, 9.17) is 23.2 Å². The first-order valence-corrected chi connectivity index (χ1v) is 9.10. The van der Waals surface area contributed by atoms with Crippen molar-refractivity contribution in [3.8, 4) is 0 Å². The van der Waals surface area contributed by atoms with Crippen LogP contribution in [0.25, 0.3) is 10.8 Å². The number of hydrazone groups is 1. The van der Waals surface area contributed by atoms with Crippen LogP contribution >= 0.6 is 23.2 Å². The van der Waals surface area contributed by atoms with Crippen molar-refractivity contribution < 1.29 is 4.79 Å². The maximum atomic E-state index is 12.1. The van der Waals surface area contributed by atoms with E-state index in [1.165, 1.54) is 17.3 Å². The average molecular weight is 383 g/mol. The highest BCUT2D eigenvalue weighted by Crippen LogP contribution is 2.37. The molecule has 0 spiro atoms. The molecule has 1 atom stereocenters. The van der Waals surface area contributed by atoms with Gasteiger partial charge in [0.25, 0.3) is 0 Å². The summed E-state index contributed by atoms with van der Waals surface area (Å²) in [6.45, 7) is 1.52. The molecule has 3 aromatic carbocycles. The molecule has 0 radical (unpaired) electrons. The number of benzene rings is 3. The Morgan fingerprint density at radius 3 is 2.54 bits per heavy atom. The molecule has 1 unspecified atom stereocenters.